The molecule has 19 atom stereocenters. The van der Waals surface area contributed by atoms with Gasteiger partial charge in [-0.2, -0.15) is 0 Å². The molecule has 0 saturated carbocycles. The summed E-state index contributed by atoms with van der Waals surface area (Å²) < 4.78 is 42.6. The number of esters is 1. The van der Waals surface area contributed by atoms with Gasteiger partial charge in [-0.1, -0.05) is 52.3 Å². The highest BCUT2D eigenvalue weighted by Crippen LogP contribution is 2.36. The van der Waals surface area contributed by atoms with Crippen molar-refractivity contribution in [2.24, 2.45) is 35.5 Å². The number of hydrogen-bond donors (Lipinski definition) is 4. The van der Waals surface area contributed by atoms with Gasteiger partial charge >= 0.3 is 5.97 Å². The van der Waals surface area contributed by atoms with Gasteiger partial charge in [-0.3, -0.25) is 9.59 Å². The molecule has 0 bridgehead atoms. The topological polar surface area (TPSA) is 186 Å². The van der Waals surface area contributed by atoms with Gasteiger partial charge in [0.2, 0.25) is 0 Å². The Kier molecular flexibility index (Phi) is 20.3. The van der Waals surface area contributed by atoms with Crippen molar-refractivity contribution in [3.05, 3.63) is 23.8 Å². The van der Waals surface area contributed by atoms with E-state index in [4.69, 9.17) is 33.2 Å². The first-order chi connectivity index (χ1) is 28.8. The quantitative estimate of drug-likeness (QED) is 0.209. The first kappa shape index (κ1) is 51.8. The Morgan fingerprint density at radius 1 is 0.820 bits per heavy atom. The van der Waals surface area contributed by atoms with Gasteiger partial charge in [0.1, 0.15) is 30.5 Å². The first-order valence-corrected chi connectivity index (χ1v) is 22.6. The lowest BCUT2D eigenvalue weighted by molar-refractivity contribution is -0.304. The number of carbonyl (C=O) groups is 2. The van der Waals surface area contributed by atoms with Gasteiger partial charge in [-0.05, 0) is 90.9 Å². The number of aliphatic hydroxyl groups is 4. The summed E-state index contributed by atoms with van der Waals surface area (Å²) >= 11 is 0. The molecular weight excluding hydrogens is 789 g/mol. The maximum Gasteiger partial charge on any atom is 0.308 e. The Morgan fingerprint density at radius 2 is 1.44 bits per heavy atom. The number of ether oxygens (including phenoxy) is 7. The van der Waals surface area contributed by atoms with Gasteiger partial charge in [-0.25, -0.2) is 0 Å². The molecule has 3 fully saturated rings. The normalized spacial score (nSPS) is 44.3. The molecule has 0 radical (unpaired) electrons. The number of hydrogen-bond acceptors (Lipinski definition) is 15. The van der Waals surface area contributed by atoms with E-state index in [1.807, 2.05) is 33.8 Å². The largest absolute Gasteiger partial charge is 0.462 e. The average Bonchev–Trinajstić information content (AvgIpc) is 3.19. The van der Waals surface area contributed by atoms with Crippen molar-refractivity contribution in [3.63, 3.8) is 0 Å². The lowest BCUT2D eigenvalue weighted by atomic mass is 9.79. The highest BCUT2D eigenvalue weighted by molar-refractivity contribution is 5.91. The van der Waals surface area contributed by atoms with E-state index in [-0.39, 0.29) is 24.7 Å². The SMILES string of the molecule is CC[C@H]1OC(=O)C[C@@H](O)[C@H](C)[C@@H](O[C@@H]2O[C@H](C)[C@@H](O)[C@H](N(C)C)[C@H]2O)C(CCN2C[C@H](C)C[C@H](C)C2)C[C@@H](C)C(=O)/C=C/C(C)=C/[C@@H]1CO[C@@H]1O[C@H](C)[C@@H](O)[C@@H](OC)[C@H]1OC. The maximum absolute atomic E-state index is 14.0. The molecule has 0 aromatic heterocycles. The predicted octanol–water partition coefficient (Wildman–Crippen LogP) is 3.34. The number of aliphatic hydroxyl groups excluding tert-OH is 4. The summed E-state index contributed by atoms with van der Waals surface area (Å²) in [4.78, 5) is 32.1. The average molecular weight is 869 g/mol. The zero-order chi connectivity index (χ0) is 45.3. The minimum absolute atomic E-state index is 0.0427. The fourth-order valence-corrected chi connectivity index (χ4v) is 10.0. The highest BCUT2D eigenvalue weighted by atomic mass is 16.7. The Bertz CT molecular complexity index is 1420. The summed E-state index contributed by atoms with van der Waals surface area (Å²) in [6, 6.07) is -0.684. The van der Waals surface area contributed by atoms with E-state index in [0.717, 1.165) is 25.2 Å². The second kappa shape index (κ2) is 23.9. The van der Waals surface area contributed by atoms with Crippen LogP contribution < -0.4 is 0 Å². The van der Waals surface area contributed by atoms with E-state index >= 15 is 0 Å². The van der Waals surface area contributed by atoms with Crippen molar-refractivity contribution >= 4 is 11.8 Å². The van der Waals surface area contributed by atoms with Crippen molar-refractivity contribution in [3.8, 4) is 0 Å². The minimum atomic E-state index is -1.23. The van der Waals surface area contributed by atoms with Crippen LogP contribution >= 0.6 is 0 Å². The smallest absolute Gasteiger partial charge is 0.308 e. The summed E-state index contributed by atoms with van der Waals surface area (Å²) in [6.45, 7) is 18.2. The van der Waals surface area contributed by atoms with Crippen LogP contribution in [0.1, 0.15) is 87.5 Å². The first-order valence-electron chi connectivity index (χ1n) is 22.6. The molecule has 61 heavy (non-hydrogen) atoms. The molecule has 0 aromatic rings. The van der Waals surface area contributed by atoms with Gasteiger partial charge < -0.3 is 63.4 Å². The molecule has 0 amide bonds. The molecule has 15 heteroatoms. The van der Waals surface area contributed by atoms with Crippen LogP contribution in [0.5, 0.6) is 0 Å². The van der Waals surface area contributed by atoms with Gasteiger partial charge in [0, 0.05) is 45.1 Å². The zero-order valence-corrected chi connectivity index (χ0v) is 38.9. The predicted molar refractivity (Wildman–Crippen MR) is 229 cm³/mol. The third-order valence-electron chi connectivity index (χ3n) is 13.5. The number of likely N-dealkylation sites (N-methyl/N-ethyl adjacent to an activating group) is 1. The van der Waals surface area contributed by atoms with Crippen molar-refractivity contribution < 1.29 is 63.2 Å². The van der Waals surface area contributed by atoms with E-state index < -0.39 is 103 Å². The molecule has 15 nitrogen and oxygen atoms in total. The second-order valence-electron chi connectivity index (χ2n) is 18.9. The third kappa shape index (κ3) is 13.8. The van der Waals surface area contributed by atoms with Gasteiger partial charge in [-0.15, -0.1) is 0 Å². The van der Waals surface area contributed by atoms with E-state index in [2.05, 4.69) is 18.7 Å². The number of piperidine rings is 1. The van der Waals surface area contributed by atoms with E-state index in [1.165, 1.54) is 20.6 Å². The van der Waals surface area contributed by atoms with Crippen LogP contribution in [-0.4, -0.2) is 176 Å². The summed E-state index contributed by atoms with van der Waals surface area (Å²) in [5, 5.41) is 45.3. The van der Waals surface area contributed by atoms with Crippen molar-refractivity contribution in [1.29, 1.82) is 0 Å². The van der Waals surface area contributed by atoms with Crippen molar-refractivity contribution in [2.75, 3.05) is 54.6 Å². The number of ketones is 1. The second-order valence-corrected chi connectivity index (χ2v) is 18.9. The molecule has 0 spiro atoms. The van der Waals surface area contributed by atoms with Gasteiger partial charge in [0.25, 0.3) is 0 Å². The summed E-state index contributed by atoms with van der Waals surface area (Å²) in [6.07, 6.45) is -2.96. The number of carbonyl (C=O) groups excluding carboxylic acids is 2. The molecule has 4 aliphatic heterocycles. The van der Waals surface area contributed by atoms with Gasteiger partial charge in [0.05, 0.1) is 49.6 Å². The van der Waals surface area contributed by atoms with E-state index in [0.29, 0.717) is 31.1 Å². The minimum Gasteiger partial charge on any atom is -0.462 e. The third-order valence-corrected chi connectivity index (χ3v) is 13.5. The molecule has 3 saturated heterocycles. The summed E-state index contributed by atoms with van der Waals surface area (Å²) in [7, 11) is 6.54. The Morgan fingerprint density at radius 3 is 2.05 bits per heavy atom. The van der Waals surface area contributed by atoms with Crippen LogP contribution in [0.2, 0.25) is 0 Å². The standard InChI is InChI=1S/C46H80N2O13/c1-13-36-33(24-57-46-44(56-12)43(55-11)40(53)31(8)59-46)19-25(2)14-15-34(49)28(5)20-32(16-17-48-22-26(3)18-27(4)23-48)42(29(6)35(50)21-37(51)60-36)61-45-41(54)38(47(9)10)39(52)30(7)58-45/h14-15,19,26-33,35-36,38-46,50,52-54H,13,16-18,20-24H2,1-12H3/b15-14+,25-19+/t26-,27+,28-,29+,30-,31-,32?,33-,35-,36-,38+,39-,40-,41-,42-,43-,44-,45+,46-/m1/s1. The monoisotopic (exact) mass is 869 g/mol. The van der Waals surface area contributed by atoms with Crippen LogP contribution in [0, 0.1) is 35.5 Å². The van der Waals surface area contributed by atoms with Crippen LogP contribution in [0.4, 0.5) is 0 Å². The number of allylic oxidation sites excluding steroid dienone is 3. The molecular formula is C46H80N2O13. The molecule has 4 N–H and O–H groups in total. The lowest BCUT2D eigenvalue weighted by Crippen LogP contribution is -2.63. The molecule has 1 unspecified atom stereocenters. The molecule has 352 valence electrons. The Balaban J connectivity index is 1.68. The Labute approximate surface area is 365 Å². The highest BCUT2D eigenvalue weighted by Gasteiger charge is 2.48. The lowest BCUT2D eigenvalue weighted by Gasteiger charge is -2.47. The number of nitrogens with zero attached hydrogens (tertiary/aromatic N) is 2. The number of methoxy groups -OCH3 is 2. The molecule has 4 rings (SSSR count). The van der Waals surface area contributed by atoms with Crippen LogP contribution in [0.15, 0.2) is 23.8 Å². The molecule has 0 aromatic carbocycles. The fourth-order valence-electron chi connectivity index (χ4n) is 10.0. The number of likely N-dealkylation sites (tertiary alicyclic amines) is 1. The Hall–Kier alpha value is -1.86. The van der Waals surface area contributed by atoms with Crippen molar-refractivity contribution in [1.82, 2.24) is 9.80 Å². The maximum atomic E-state index is 14.0. The van der Waals surface area contributed by atoms with Crippen LogP contribution in [0.25, 0.3) is 0 Å². The number of rotatable bonds is 12. The molecule has 4 heterocycles. The van der Waals surface area contributed by atoms with Crippen molar-refractivity contribution in [2.45, 2.75) is 167 Å². The number of cyclic esters (lactones) is 1. The van der Waals surface area contributed by atoms with Crippen LogP contribution in [-0.2, 0) is 42.7 Å². The van der Waals surface area contributed by atoms with E-state index in [9.17, 15) is 30.0 Å². The van der Waals surface area contributed by atoms with Crippen LogP contribution in [0.3, 0.4) is 0 Å². The molecule has 4 aliphatic rings. The summed E-state index contributed by atoms with van der Waals surface area (Å²) in [5.74, 6) is -1.46. The fraction of sp³-hybridized carbons (Fsp3) is 0.870. The summed E-state index contributed by atoms with van der Waals surface area (Å²) in [5.41, 5.74) is 0.761. The zero-order valence-electron chi connectivity index (χ0n) is 38.9. The molecule has 0 aliphatic carbocycles. The van der Waals surface area contributed by atoms with E-state index in [1.54, 1.807) is 45.0 Å². The van der Waals surface area contributed by atoms with Gasteiger partial charge in [0.15, 0.2) is 18.4 Å².